The number of hydrogen-bond donors (Lipinski definition) is 2. The molecule has 0 aromatic heterocycles. The maximum absolute atomic E-state index is 11.6. The van der Waals surface area contributed by atoms with Gasteiger partial charge in [-0.25, -0.2) is 4.79 Å². The van der Waals surface area contributed by atoms with Crippen LogP contribution in [-0.4, -0.2) is 41.1 Å². The van der Waals surface area contributed by atoms with Gasteiger partial charge in [-0.3, -0.25) is 19.6 Å². The zero-order valence-corrected chi connectivity index (χ0v) is 11.4. The van der Waals surface area contributed by atoms with E-state index < -0.39 is 26.8 Å². The molecule has 1 saturated heterocycles. The van der Waals surface area contributed by atoms with Gasteiger partial charge in [0, 0.05) is 5.70 Å². The van der Waals surface area contributed by atoms with Gasteiger partial charge in [-0.2, -0.15) is 8.42 Å². The molecule has 20 heavy (non-hydrogen) atoms. The van der Waals surface area contributed by atoms with Gasteiger partial charge in [-0.15, -0.1) is 6.58 Å². The van der Waals surface area contributed by atoms with Crippen LogP contribution in [0.25, 0.3) is 0 Å². The molecule has 3 amide bonds. The quantitative estimate of drug-likeness (QED) is 0.449. The first-order valence-electron chi connectivity index (χ1n) is 5.88. The van der Waals surface area contributed by atoms with Crippen molar-refractivity contribution in [3.8, 4) is 0 Å². The van der Waals surface area contributed by atoms with Crippen LogP contribution in [0.4, 0.5) is 4.79 Å². The molecule has 1 aliphatic heterocycles. The van der Waals surface area contributed by atoms with Crippen molar-refractivity contribution in [2.24, 2.45) is 0 Å². The minimum absolute atomic E-state index is 0.00305. The number of carbonyl (C=O) groups is 2. The van der Waals surface area contributed by atoms with E-state index in [0.717, 1.165) is 4.90 Å². The Hall–Kier alpha value is -1.93. The summed E-state index contributed by atoms with van der Waals surface area (Å²) in [5.41, 5.74) is 0.263. The normalized spacial score (nSPS) is 26.4. The molecular formula is C12H14N2O5S. The smallest absolute Gasteiger partial charge is 0.285 e. The number of allylic oxidation sites excluding steroid dienone is 3. The Bertz CT molecular complexity index is 630. The zero-order chi connectivity index (χ0) is 15.0. The Balaban J connectivity index is 2.44. The van der Waals surface area contributed by atoms with Crippen LogP contribution in [0.1, 0.15) is 12.8 Å². The van der Waals surface area contributed by atoms with Crippen molar-refractivity contribution in [2.45, 2.75) is 17.6 Å². The summed E-state index contributed by atoms with van der Waals surface area (Å²) in [6.07, 6.45) is 5.85. The highest BCUT2D eigenvalue weighted by atomic mass is 32.2. The third-order valence-electron chi connectivity index (χ3n) is 3.27. The molecule has 2 N–H and O–H groups in total. The van der Waals surface area contributed by atoms with Crippen LogP contribution in [-0.2, 0) is 14.9 Å². The summed E-state index contributed by atoms with van der Waals surface area (Å²) < 4.78 is 31.2. The zero-order valence-electron chi connectivity index (χ0n) is 10.6. The summed E-state index contributed by atoms with van der Waals surface area (Å²) in [5, 5.41) is 2.10. The summed E-state index contributed by atoms with van der Waals surface area (Å²) in [4.78, 5) is 23.9. The van der Waals surface area contributed by atoms with E-state index in [9.17, 15) is 22.6 Å². The molecule has 0 aromatic carbocycles. The second-order valence-corrected chi connectivity index (χ2v) is 6.41. The first-order valence-corrected chi connectivity index (χ1v) is 7.32. The van der Waals surface area contributed by atoms with Gasteiger partial charge in [0.15, 0.2) is 0 Å². The van der Waals surface area contributed by atoms with E-state index in [4.69, 9.17) is 0 Å². The molecule has 1 fully saturated rings. The highest BCUT2D eigenvalue weighted by Crippen LogP contribution is 2.34. The fourth-order valence-electron chi connectivity index (χ4n) is 2.25. The van der Waals surface area contributed by atoms with Gasteiger partial charge in [0.2, 0.25) is 5.91 Å². The van der Waals surface area contributed by atoms with E-state index in [2.05, 4.69) is 11.9 Å². The van der Waals surface area contributed by atoms with Gasteiger partial charge < -0.3 is 0 Å². The predicted octanol–water partition coefficient (Wildman–Crippen LogP) is 0.585. The molecule has 1 aliphatic carbocycles. The summed E-state index contributed by atoms with van der Waals surface area (Å²) in [5.74, 6) is -0.462. The number of urea groups is 1. The Morgan fingerprint density at radius 2 is 2.20 bits per heavy atom. The maximum Gasteiger partial charge on any atom is 0.329 e. The Kier molecular flexibility index (Phi) is 3.53. The van der Waals surface area contributed by atoms with Gasteiger partial charge in [0.25, 0.3) is 10.1 Å². The molecule has 1 atom stereocenters. The van der Waals surface area contributed by atoms with Crippen molar-refractivity contribution in [1.29, 1.82) is 0 Å². The van der Waals surface area contributed by atoms with Crippen LogP contribution in [0.2, 0.25) is 0 Å². The van der Waals surface area contributed by atoms with Crippen LogP contribution in [0, 0.1) is 0 Å². The van der Waals surface area contributed by atoms with Crippen LogP contribution >= 0.6 is 0 Å². The van der Waals surface area contributed by atoms with Gasteiger partial charge in [-0.1, -0.05) is 12.2 Å². The van der Waals surface area contributed by atoms with Gasteiger partial charge in [-0.05, 0) is 25.0 Å². The monoisotopic (exact) mass is 298 g/mol. The molecule has 8 heteroatoms. The number of amides is 3. The lowest BCUT2D eigenvalue weighted by atomic mass is 9.94. The number of nitrogens with zero attached hydrogens (tertiary/aromatic N) is 1. The summed E-state index contributed by atoms with van der Waals surface area (Å²) in [6.45, 7) is 3.31. The average molecular weight is 298 g/mol. The molecule has 0 aromatic rings. The van der Waals surface area contributed by atoms with Crippen molar-refractivity contribution in [3.63, 3.8) is 0 Å². The fraction of sp³-hybridized carbons (Fsp3) is 0.333. The Labute approximate surface area is 116 Å². The second kappa shape index (κ2) is 4.88. The van der Waals surface area contributed by atoms with Crippen LogP contribution in [0.5, 0.6) is 0 Å². The third-order valence-corrected chi connectivity index (χ3v) is 4.75. The van der Waals surface area contributed by atoms with E-state index >= 15 is 0 Å². The van der Waals surface area contributed by atoms with Crippen LogP contribution < -0.4 is 5.32 Å². The predicted molar refractivity (Wildman–Crippen MR) is 71.2 cm³/mol. The van der Waals surface area contributed by atoms with E-state index in [0.29, 0.717) is 0 Å². The van der Waals surface area contributed by atoms with E-state index in [1.807, 2.05) is 0 Å². The van der Waals surface area contributed by atoms with E-state index in [-0.39, 0.29) is 25.1 Å². The minimum Gasteiger partial charge on any atom is -0.285 e. The highest BCUT2D eigenvalue weighted by Gasteiger charge is 2.42. The van der Waals surface area contributed by atoms with Crippen LogP contribution in [0.3, 0.4) is 0 Å². The number of carbonyl (C=O) groups excluding carboxylic acids is 2. The van der Waals surface area contributed by atoms with E-state index in [1.54, 1.807) is 12.2 Å². The lowest BCUT2D eigenvalue weighted by Crippen LogP contribution is -2.39. The molecule has 108 valence electrons. The van der Waals surface area contributed by atoms with Crippen molar-refractivity contribution in [2.75, 3.05) is 6.54 Å². The first kappa shape index (κ1) is 14.5. The van der Waals surface area contributed by atoms with E-state index in [1.165, 1.54) is 12.2 Å². The van der Waals surface area contributed by atoms with Crippen molar-refractivity contribution < 1.29 is 22.6 Å². The fourth-order valence-corrected chi connectivity index (χ4v) is 3.15. The average Bonchev–Trinajstić information content (AvgIpc) is 2.68. The second-order valence-electron chi connectivity index (χ2n) is 4.65. The number of nitrogens with one attached hydrogen (secondary N) is 1. The molecule has 1 heterocycles. The Morgan fingerprint density at radius 1 is 1.50 bits per heavy atom. The summed E-state index contributed by atoms with van der Waals surface area (Å²) >= 11 is 0. The molecule has 2 rings (SSSR count). The highest BCUT2D eigenvalue weighted by molar-refractivity contribution is 7.87. The molecule has 7 nitrogen and oxygen atoms in total. The van der Waals surface area contributed by atoms with Crippen molar-refractivity contribution >= 4 is 22.1 Å². The molecule has 2 aliphatic rings. The van der Waals surface area contributed by atoms with Crippen LogP contribution in [0.15, 0.2) is 36.6 Å². The molecule has 0 spiro atoms. The van der Waals surface area contributed by atoms with Gasteiger partial charge in [0.1, 0.15) is 11.3 Å². The molecule has 1 unspecified atom stereocenters. The standard InChI is InChI=1S/C12H14N2O5S/c1-2-5-12(20(17,18)19)6-3-4-9(7-12)14-8-10(15)13-11(14)16/h2-4,7H,1,5-6,8H2,(H,13,15,16)(H,17,18,19). The lowest BCUT2D eigenvalue weighted by molar-refractivity contribution is -0.118. The maximum atomic E-state index is 11.6. The first-order chi connectivity index (χ1) is 9.29. The topological polar surface area (TPSA) is 104 Å². The summed E-state index contributed by atoms with van der Waals surface area (Å²) in [6, 6.07) is -0.615. The number of rotatable bonds is 4. The van der Waals surface area contributed by atoms with Crippen molar-refractivity contribution in [3.05, 3.63) is 36.6 Å². The molecule has 0 saturated carbocycles. The lowest BCUT2D eigenvalue weighted by Gasteiger charge is -2.30. The van der Waals surface area contributed by atoms with Gasteiger partial charge in [0.05, 0.1) is 0 Å². The number of imide groups is 1. The van der Waals surface area contributed by atoms with Crippen molar-refractivity contribution in [1.82, 2.24) is 10.2 Å². The minimum atomic E-state index is -4.39. The summed E-state index contributed by atoms with van der Waals surface area (Å²) in [7, 11) is -4.39. The molecule has 0 radical (unpaired) electrons. The largest absolute Gasteiger partial charge is 0.329 e. The molecule has 0 bridgehead atoms. The molecular weight excluding hydrogens is 284 g/mol. The number of hydrogen-bond acceptors (Lipinski definition) is 4. The Morgan fingerprint density at radius 3 is 2.70 bits per heavy atom. The SMILES string of the molecule is C=CCC1(S(=O)(=O)O)C=C(N2CC(=O)NC2=O)C=CC1. The third kappa shape index (κ3) is 2.39. The van der Waals surface area contributed by atoms with Gasteiger partial charge >= 0.3 is 6.03 Å².